The third-order valence-electron chi connectivity index (χ3n) is 3.60. The van der Waals surface area contributed by atoms with E-state index >= 15 is 0 Å². The topological polar surface area (TPSA) is 43.4 Å². The number of likely N-dealkylation sites (N-methyl/N-ethyl adjacent to an activating group) is 1. The number of aromatic nitrogens is 1. The lowest BCUT2D eigenvalue weighted by molar-refractivity contribution is -0.127. The summed E-state index contributed by atoms with van der Waals surface area (Å²) in [6.07, 6.45) is 5.55. The van der Waals surface area contributed by atoms with Gasteiger partial charge in [0.25, 0.3) is 0 Å². The van der Waals surface area contributed by atoms with Gasteiger partial charge in [0.05, 0.1) is 11.6 Å². The molecule has 18 heavy (non-hydrogen) atoms. The SMILES string of the molecule is CCOC1(C(NC)c2cccnc2)CCOCC1. The minimum Gasteiger partial charge on any atom is -0.381 e. The van der Waals surface area contributed by atoms with Crippen molar-refractivity contribution in [3.8, 4) is 0 Å². The summed E-state index contributed by atoms with van der Waals surface area (Å²) in [5, 5.41) is 3.39. The fourth-order valence-electron chi connectivity index (χ4n) is 2.80. The highest BCUT2D eigenvalue weighted by Gasteiger charge is 2.41. The summed E-state index contributed by atoms with van der Waals surface area (Å²) >= 11 is 0. The number of hydrogen-bond donors (Lipinski definition) is 1. The lowest BCUT2D eigenvalue weighted by Gasteiger charge is -2.43. The van der Waals surface area contributed by atoms with Crippen molar-refractivity contribution in [2.24, 2.45) is 0 Å². The molecule has 0 aromatic carbocycles. The van der Waals surface area contributed by atoms with E-state index in [9.17, 15) is 0 Å². The third-order valence-corrected chi connectivity index (χ3v) is 3.60. The lowest BCUT2D eigenvalue weighted by atomic mass is 9.82. The Hall–Kier alpha value is -0.970. The van der Waals surface area contributed by atoms with Gasteiger partial charge in [-0.1, -0.05) is 6.07 Å². The van der Waals surface area contributed by atoms with Crippen LogP contribution in [0.2, 0.25) is 0 Å². The maximum absolute atomic E-state index is 6.11. The minimum atomic E-state index is -0.176. The van der Waals surface area contributed by atoms with E-state index in [0.29, 0.717) is 0 Å². The summed E-state index contributed by atoms with van der Waals surface area (Å²) in [6, 6.07) is 4.23. The highest BCUT2D eigenvalue weighted by atomic mass is 16.5. The van der Waals surface area contributed by atoms with Crippen LogP contribution >= 0.6 is 0 Å². The zero-order valence-electron chi connectivity index (χ0n) is 11.2. The van der Waals surface area contributed by atoms with Crippen molar-refractivity contribution in [1.29, 1.82) is 0 Å². The third kappa shape index (κ3) is 2.71. The van der Waals surface area contributed by atoms with Crippen LogP contribution in [0.5, 0.6) is 0 Å². The van der Waals surface area contributed by atoms with Crippen molar-refractivity contribution < 1.29 is 9.47 Å². The first-order valence-corrected chi connectivity index (χ1v) is 6.61. The smallest absolute Gasteiger partial charge is 0.0920 e. The van der Waals surface area contributed by atoms with Crippen LogP contribution in [0.4, 0.5) is 0 Å². The molecule has 1 fully saturated rings. The summed E-state index contributed by atoms with van der Waals surface area (Å²) in [4.78, 5) is 4.21. The Morgan fingerprint density at radius 3 is 2.83 bits per heavy atom. The zero-order chi connectivity index (χ0) is 12.8. The number of rotatable bonds is 5. The summed E-state index contributed by atoms with van der Waals surface area (Å²) in [5.74, 6) is 0. The van der Waals surface area contributed by atoms with Gasteiger partial charge in [0.15, 0.2) is 0 Å². The highest BCUT2D eigenvalue weighted by molar-refractivity contribution is 5.19. The van der Waals surface area contributed by atoms with E-state index in [-0.39, 0.29) is 11.6 Å². The summed E-state index contributed by atoms with van der Waals surface area (Å²) < 4.78 is 11.6. The number of hydrogen-bond acceptors (Lipinski definition) is 4. The predicted octanol–water partition coefficient (Wildman–Crippen LogP) is 1.93. The Morgan fingerprint density at radius 2 is 2.28 bits per heavy atom. The largest absolute Gasteiger partial charge is 0.381 e. The van der Waals surface area contributed by atoms with Crippen molar-refractivity contribution in [1.82, 2.24) is 10.3 Å². The first kappa shape index (κ1) is 13.5. The molecule has 0 aliphatic carbocycles. The van der Waals surface area contributed by atoms with Crippen molar-refractivity contribution in [2.45, 2.75) is 31.4 Å². The van der Waals surface area contributed by atoms with Crippen LogP contribution < -0.4 is 5.32 Å². The maximum Gasteiger partial charge on any atom is 0.0920 e. The minimum absolute atomic E-state index is 0.162. The lowest BCUT2D eigenvalue weighted by Crippen LogP contribution is -2.49. The molecule has 0 spiro atoms. The second-order valence-electron chi connectivity index (χ2n) is 4.62. The van der Waals surface area contributed by atoms with E-state index < -0.39 is 0 Å². The van der Waals surface area contributed by atoms with Crippen LogP contribution in [0.1, 0.15) is 31.4 Å². The van der Waals surface area contributed by atoms with Gasteiger partial charge in [0.1, 0.15) is 0 Å². The average Bonchev–Trinajstić information content (AvgIpc) is 2.42. The van der Waals surface area contributed by atoms with Crippen molar-refractivity contribution in [3.05, 3.63) is 30.1 Å². The monoisotopic (exact) mass is 250 g/mol. The maximum atomic E-state index is 6.11. The molecule has 1 aromatic rings. The molecule has 2 rings (SSSR count). The Labute approximate surface area is 109 Å². The molecule has 0 saturated carbocycles. The molecule has 100 valence electrons. The van der Waals surface area contributed by atoms with Crippen LogP contribution in [0.3, 0.4) is 0 Å². The van der Waals surface area contributed by atoms with Crippen LogP contribution in [-0.2, 0) is 9.47 Å². The van der Waals surface area contributed by atoms with Crippen LogP contribution in [0.25, 0.3) is 0 Å². The second kappa shape index (κ2) is 6.27. The molecular weight excluding hydrogens is 228 g/mol. The standard InChI is InChI=1S/C14H22N2O2/c1-3-18-14(6-9-17-10-7-14)13(15-2)12-5-4-8-16-11-12/h4-5,8,11,13,15H,3,6-7,9-10H2,1-2H3. The van der Waals surface area contributed by atoms with E-state index in [1.54, 1.807) is 6.20 Å². The summed E-state index contributed by atoms with van der Waals surface area (Å²) in [6.45, 7) is 4.29. The predicted molar refractivity (Wildman–Crippen MR) is 70.4 cm³/mol. The van der Waals surface area contributed by atoms with E-state index in [2.05, 4.69) is 16.4 Å². The van der Waals surface area contributed by atoms with Crippen LogP contribution in [-0.4, -0.2) is 37.5 Å². The van der Waals surface area contributed by atoms with Crippen LogP contribution in [0, 0.1) is 0 Å². The molecule has 4 heteroatoms. The molecule has 1 aliphatic rings. The highest BCUT2D eigenvalue weighted by Crippen LogP contribution is 2.37. The van der Waals surface area contributed by atoms with Gasteiger partial charge < -0.3 is 14.8 Å². The molecule has 1 N–H and O–H groups in total. The average molecular weight is 250 g/mol. The molecule has 2 heterocycles. The first-order valence-electron chi connectivity index (χ1n) is 6.61. The van der Waals surface area contributed by atoms with Crippen molar-refractivity contribution in [2.75, 3.05) is 26.9 Å². The van der Waals surface area contributed by atoms with Gasteiger partial charge in [-0.2, -0.15) is 0 Å². The molecule has 1 unspecified atom stereocenters. The first-order chi connectivity index (χ1) is 8.82. The second-order valence-corrected chi connectivity index (χ2v) is 4.62. The van der Waals surface area contributed by atoms with Gasteiger partial charge in [0, 0.05) is 45.1 Å². The normalized spacial score (nSPS) is 20.6. The van der Waals surface area contributed by atoms with Gasteiger partial charge >= 0.3 is 0 Å². The molecule has 1 aliphatic heterocycles. The van der Waals surface area contributed by atoms with Gasteiger partial charge in [0.2, 0.25) is 0 Å². The van der Waals surface area contributed by atoms with Gasteiger partial charge in [-0.05, 0) is 25.6 Å². The van der Waals surface area contributed by atoms with Crippen molar-refractivity contribution in [3.63, 3.8) is 0 Å². The number of pyridine rings is 1. The molecule has 0 amide bonds. The summed E-state index contributed by atoms with van der Waals surface area (Å²) in [7, 11) is 1.98. The Kier molecular flexibility index (Phi) is 4.69. The fourth-order valence-corrected chi connectivity index (χ4v) is 2.80. The number of nitrogens with zero attached hydrogens (tertiary/aromatic N) is 1. The quantitative estimate of drug-likeness (QED) is 0.867. The molecule has 0 radical (unpaired) electrons. The van der Waals surface area contributed by atoms with Crippen molar-refractivity contribution >= 4 is 0 Å². The molecule has 0 bridgehead atoms. The Morgan fingerprint density at radius 1 is 1.50 bits per heavy atom. The molecule has 1 aromatic heterocycles. The fraction of sp³-hybridized carbons (Fsp3) is 0.643. The zero-order valence-corrected chi connectivity index (χ0v) is 11.2. The molecule has 1 atom stereocenters. The van der Waals surface area contributed by atoms with Crippen LogP contribution in [0.15, 0.2) is 24.5 Å². The molecule has 1 saturated heterocycles. The van der Waals surface area contributed by atoms with E-state index in [1.165, 1.54) is 5.56 Å². The van der Waals surface area contributed by atoms with E-state index in [0.717, 1.165) is 32.7 Å². The molecular formula is C14H22N2O2. The summed E-state index contributed by atoms with van der Waals surface area (Å²) in [5.41, 5.74) is 1.00. The Bertz CT molecular complexity index is 345. The van der Waals surface area contributed by atoms with Gasteiger partial charge in [-0.25, -0.2) is 0 Å². The molecule has 4 nitrogen and oxygen atoms in total. The van der Waals surface area contributed by atoms with E-state index in [1.807, 2.05) is 26.2 Å². The Balaban J connectivity index is 2.27. The van der Waals surface area contributed by atoms with Gasteiger partial charge in [-0.15, -0.1) is 0 Å². The van der Waals surface area contributed by atoms with E-state index in [4.69, 9.17) is 9.47 Å². The number of ether oxygens (including phenoxy) is 2. The number of nitrogens with one attached hydrogen (secondary N) is 1. The van der Waals surface area contributed by atoms with Gasteiger partial charge in [-0.3, -0.25) is 4.98 Å².